The Morgan fingerprint density at radius 1 is 1.33 bits per heavy atom. The molecular formula is C18H27N5O. The van der Waals surface area contributed by atoms with Crippen molar-refractivity contribution in [1.82, 2.24) is 19.9 Å². The average Bonchev–Trinajstić information content (AvgIpc) is 2.58. The number of methoxy groups -OCH3 is 1. The predicted molar refractivity (Wildman–Crippen MR) is 96.3 cm³/mol. The van der Waals surface area contributed by atoms with Crippen LogP contribution in [0.2, 0.25) is 0 Å². The van der Waals surface area contributed by atoms with Crippen molar-refractivity contribution in [2.24, 2.45) is 5.92 Å². The molecule has 24 heavy (non-hydrogen) atoms. The Morgan fingerprint density at radius 2 is 2.21 bits per heavy atom. The Morgan fingerprint density at radius 3 is 3.04 bits per heavy atom. The average molecular weight is 329 g/mol. The van der Waals surface area contributed by atoms with Crippen LogP contribution in [0.5, 0.6) is 0 Å². The highest BCUT2D eigenvalue weighted by atomic mass is 16.5. The van der Waals surface area contributed by atoms with Gasteiger partial charge in [0.25, 0.3) is 0 Å². The highest BCUT2D eigenvalue weighted by Crippen LogP contribution is 2.24. The number of aromatic nitrogens is 3. The summed E-state index contributed by atoms with van der Waals surface area (Å²) in [5.41, 5.74) is 2.94. The van der Waals surface area contributed by atoms with Gasteiger partial charge in [-0.1, -0.05) is 0 Å². The zero-order chi connectivity index (χ0) is 16.9. The first-order chi connectivity index (χ1) is 11.7. The number of nitrogens with zero attached hydrogens (tertiary/aromatic N) is 4. The summed E-state index contributed by atoms with van der Waals surface area (Å²) in [5, 5.41) is 4.58. The van der Waals surface area contributed by atoms with Crippen LogP contribution in [-0.2, 0) is 4.74 Å². The van der Waals surface area contributed by atoms with Crippen molar-refractivity contribution in [3.05, 3.63) is 23.7 Å². The van der Waals surface area contributed by atoms with E-state index in [0.717, 1.165) is 48.8 Å². The van der Waals surface area contributed by atoms with E-state index in [4.69, 9.17) is 4.74 Å². The molecule has 0 amide bonds. The number of ether oxygens (including phenoxy) is 1. The predicted octanol–water partition coefficient (Wildman–Crippen LogP) is 2.41. The van der Waals surface area contributed by atoms with Gasteiger partial charge >= 0.3 is 0 Å². The number of likely N-dealkylation sites (tertiary alicyclic amines) is 1. The van der Waals surface area contributed by atoms with Gasteiger partial charge in [-0.2, -0.15) is 0 Å². The maximum absolute atomic E-state index is 5.20. The molecule has 3 rings (SSSR count). The second-order valence-electron chi connectivity index (χ2n) is 6.68. The summed E-state index contributed by atoms with van der Waals surface area (Å²) < 4.78 is 5.20. The molecule has 0 radical (unpaired) electrons. The van der Waals surface area contributed by atoms with Crippen LogP contribution in [0.15, 0.2) is 12.4 Å². The molecule has 6 nitrogen and oxygen atoms in total. The van der Waals surface area contributed by atoms with Gasteiger partial charge in [-0.3, -0.25) is 0 Å². The Hall–Kier alpha value is -1.79. The van der Waals surface area contributed by atoms with E-state index >= 15 is 0 Å². The number of rotatable bonds is 6. The molecule has 6 heteroatoms. The number of fused-ring (bicyclic) bond motifs is 1. The fraction of sp³-hybridized carbons (Fsp3) is 0.611. The molecule has 1 atom stereocenters. The first kappa shape index (κ1) is 17.0. The molecule has 1 fully saturated rings. The first-order valence-corrected chi connectivity index (χ1v) is 8.71. The fourth-order valence-corrected chi connectivity index (χ4v) is 3.53. The Labute approximate surface area is 143 Å². The fourth-order valence-electron chi connectivity index (χ4n) is 3.53. The smallest absolute Gasteiger partial charge is 0.165 e. The van der Waals surface area contributed by atoms with E-state index in [9.17, 15) is 0 Å². The summed E-state index contributed by atoms with van der Waals surface area (Å²) in [5.74, 6) is 1.54. The normalized spacial score (nSPS) is 18.9. The van der Waals surface area contributed by atoms with Crippen LogP contribution in [0.4, 0.5) is 5.82 Å². The molecule has 1 aliphatic heterocycles. The summed E-state index contributed by atoms with van der Waals surface area (Å²) in [6, 6.07) is 2.09. The minimum absolute atomic E-state index is 0.638. The minimum Gasteiger partial charge on any atom is -0.383 e. The zero-order valence-electron chi connectivity index (χ0n) is 14.9. The lowest BCUT2D eigenvalue weighted by atomic mass is 9.98. The quantitative estimate of drug-likeness (QED) is 0.878. The van der Waals surface area contributed by atoms with E-state index in [0.29, 0.717) is 5.92 Å². The van der Waals surface area contributed by atoms with Crippen LogP contribution in [0.1, 0.15) is 24.1 Å². The van der Waals surface area contributed by atoms with E-state index < -0.39 is 0 Å². The second kappa shape index (κ2) is 7.85. The largest absolute Gasteiger partial charge is 0.383 e. The maximum atomic E-state index is 5.20. The van der Waals surface area contributed by atoms with Gasteiger partial charge in [0.05, 0.1) is 12.0 Å². The van der Waals surface area contributed by atoms with Crippen LogP contribution >= 0.6 is 0 Å². The molecule has 1 N–H and O–H groups in total. The van der Waals surface area contributed by atoms with Crippen LogP contribution < -0.4 is 5.32 Å². The molecule has 1 saturated heterocycles. The molecule has 1 aliphatic rings. The number of pyridine rings is 1. The van der Waals surface area contributed by atoms with E-state index in [2.05, 4.69) is 38.2 Å². The minimum atomic E-state index is 0.638. The number of anilines is 1. The lowest BCUT2D eigenvalue weighted by Crippen LogP contribution is -2.39. The van der Waals surface area contributed by atoms with Crippen LogP contribution in [0, 0.1) is 19.8 Å². The Kier molecular flexibility index (Phi) is 5.58. The van der Waals surface area contributed by atoms with Crippen LogP contribution in [0.3, 0.4) is 0 Å². The van der Waals surface area contributed by atoms with Gasteiger partial charge in [0, 0.05) is 32.4 Å². The third kappa shape index (κ3) is 3.99. The molecule has 130 valence electrons. The van der Waals surface area contributed by atoms with Gasteiger partial charge in [0.2, 0.25) is 0 Å². The Balaban J connectivity index is 1.67. The summed E-state index contributed by atoms with van der Waals surface area (Å²) in [4.78, 5) is 15.8. The zero-order valence-corrected chi connectivity index (χ0v) is 14.9. The standard InChI is InChI=1S/C18H27N5O/c1-13-9-14(2)22-18-16(13)17(20-12-21-18)19-10-15-5-4-6-23(11-15)7-8-24-3/h9,12,15H,4-8,10-11H2,1-3H3,(H,19,20,21,22)/t15-/m1/s1. The molecule has 0 aliphatic carbocycles. The third-order valence-corrected chi connectivity index (χ3v) is 4.70. The molecule has 2 aromatic heterocycles. The van der Waals surface area contributed by atoms with Crippen LogP contribution in [-0.4, -0.2) is 59.7 Å². The molecule has 0 spiro atoms. The van der Waals surface area contributed by atoms with Crippen molar-refractivity contribution in [2.45, 2.75) is 26.7 Å². The van der Waals surface area contributed by atoms with Crippen molar-refractivity contribution in [1.29, 1.82) is 0 Å². The maximum Gasteiger partial charge on any atom is 0.165 e. The van der Waals surface area contributed by atoms with Crippen LogP contribution in [0.25, 0.3) is 11.0 Å². The van der Waals surface area contributed by atoms with Crippen molar-refractivity contribution in [2.75, 3.05) is 45.2 Å². The number of hydrogen-bond acceptors (Lipinski definition) is 6. The van der Waals surface area contributed by atoms with E-state index in [1.807, 2.05) is 6.92 Å². The monoisotopic (exact) mass is 329 g/mol. The molecule has 0 aromatic carbocycles. The second-order valence-corrected chi connectivity index (χ2v) is 6.68. The summed E-state index contributed by atoms with van der Waals surface area (Å²) >= 11 is 0. The highest BCUT2D eigenvalue weighted by molar-refractivity contribution is 5.89. The van der Waals surface area contributed by atoms with Gasteiger partial charge < -0.3 is 15.0 Å². The molecule has 2 aromatic rings. The molecule has 0 bridgehead atoms. The Bertz CT molecular complexity index is 690. The number of piperidine rings is 1. The summed E-state index contributed by atoms with van der Waals surface area (Å²) in [6.07, 6.45) is 4.11. The van der Waals surface area contributed by atoms with Gasteiger partial charge in [-0.15, -0.1) is 0 Å². The first-order valence-electron chi connectivity index (χ1n) is 8.71. The lowest BCUT2D eigenvalue weighted by molar-refractivity contribution is 0.117. The van der Waals surface area contributed by atoms with Crippen molar-refractivity contribution < 1.29 is 4.74 Å². The van der Waals surface area contributed by atoms with Gasteiger partial charge in [-0.05, 0) is 50.8 Å². The summed E-state index contributed by atoms with van der Waals surface area (Å²) in [7, 11) is 1.77. The highest BCUT2D eigenvalue weighted by Gasteiger charge is 2.20. The number of nitrogens with one attached hydrogen (secondary N) is 1. The van der Waals surface area contributed by atoms with E-state index in [1.165, 1.54) is 24.9 Å². The molecule has 3 heterocycles. The van der Waals surface area contributed by atoms with Gasteiger partial charge in [0.15, 0.2) is 5.65 Å². The van der Waals surface area contributed by atoms with Gasteiger partial charge in [0.1, 0.15) is 12.1 Å². The summed E-state index contributed by atoms with van der Waals surface area (Å²) in [6.45, 7) is 9.15. The molecule has 0 unspecified atom stereocenters. The van der Waals surface area contributed by atoms with E-state index in [1.54, 1.807) is 13.4 Å². The lowest BCUT2D eigenvalue weighted by Gasteiger charge is -2.32. The van der Waals surface area contributed by atoms with Crippen molar-refractivity contribution in [3.63, 3.8) is 0 Å². The number of aryl methyl sites for hydroxylation is 2. The topological polar surface area (TPSA) is 63.2 Å². The van der Waals surface area contributed by atoms with Gasteiger partial charge in [-0.25, -0.2) is 15.0 Å². The van der Waals surface area contributed by atoms with Crippen molar-refractivity contribution >= 4 is 16.9 Å². The molecular weight excluding hydrogens is 302 g/mol. The van der Waals surface area contributed by atoms with Crippen molar-refractivity contribution in [3.8, 4) is 0 Å². The third-order valence-electron chi connectivity index (χ3n) is 4.70. The van der Waals surface area contributed by atoms with E-state index in [-0.39, 0.29) is 0 Å². The SMILES string of the molecule is COCCN1CCC[C@H](CNc2ncnc3nc(C)cc(C)c23)C1. The molecule has 0 saturated carbocycles. The number of hydrogen-bond donors (Lipinski definition) is 1.